The fourth-order valence-electron chi connectivity index (χ4n) is 10.9. The van der Waals surface area contributed by atoms with Crippen molar-refractivity contribution in [2.75, 3.05) is 13.2 Å². The van der Waals surface area contributed by atoms with Crippen LogP contribution in [-0.4, -0.2) is 40.6 Å². The van der Waals surface area contributed by atoms with Crippen LogP contribution >= 0.6 is 19.4 Å². The fourth-order valence-corrected chi connectivity index (χ4v) is 12.5. The summed E-state index contributed by atoms with van der Waals surface area (Å²) in [6.07, 6.45) is 12.2. The van der Waals surface area contributed by atoms with E-state index in [-0.39, 0.29) is 29.0 Å². The molecule has 13 atom stereocenters. The van der Waals surface area contributed by atoms with Crippen LogP contribution in [0.5, 0.6) is 0 Å². The molecule has 0 radical (unpaired) electrons. The number of aliphatic hydroxyl groups is 2. The van der Waals surface area contributed by atoms with E-state index in [1.165, 1.54) is 25.7 Å². The van der Waals surface area contributed by atoms with Crippen LogP contribution in [0.4, 0.5) is 0 Å². The molecule has 1 aliphatic heterocycles. The van der Waals surface area contributed by atoms with Gasteiger partial charge in [-0.15, -0.1) is 0 Å². The number of pyridine rings is 1. The summed E-state index contributed by atoms with van der Waals surface area (Å²) in [5.74, 6) is 3.03. The number of aliphatic hydroxyl groups excluding tert-OH is 2. The van der Waals surface area contributed by atoms with Crippen molar-refractivity contribution in [3.63, 3.8) is 0 Å². The maximum Gasteiger partial charge on any atom is 0.475 e. The fraction of sp³-hybridized carbons (Fsp3) is 0.848. The highest BCUT2D eigenvalue weighted by atomic mass is 35.5. The second-order valence-corrected chi connectivity index (χ2v) is 16.8. The Kier molecular flexibility index (Phi) is 8.99. The lowest BCUT2D eigenvalue weighted by molar-refractivity contribution is -0.203. The molecule has 4 saturated carbocycles. The van der Waals surface area contributed by atoms with E-state index < -0.39 is 13.9 Å². The van der Waals surface area contributed by atoms with Crippen LogP contribution in [0.25, 0.3) is 0 Å². The van der Waals surface area contributed by atoms with E-state index in [4.69, 9.17) is 25.2 Å². The first-order chi connectivity index (χ1) is 20.0. The van der Waals surface area contributed by atoms with Crippen molar-refractivity contribution in [1.82, 2.24) is 4.98 Å². The first kappa shape index (κ1) is 31.5. The zero-order chi connectivity index (χ0) is 29.9. The number of halogens is 1. The average molecular weight is 624 g/mol. The molecule has 42 heavy (non-hydrogen) atoms. The van der Waals surface area contributed by atoms with Gasteiger partial charge in [-0.3, -0.25) is 18.6 Å². The number of phosphoric ester groups is 1. The van der Waals surface area contributed by atoms with Crippen LogP contribution in [0.1, 0.15) is 104 Å². The number of hydrogen-bond acceptors (Lipinski definition) is 7. The lowest BCUT2D eigenvalue weighted by Gasteiger charge is -2.64. The average Bonchev–Trinajstić information content (AvgIpc) is 3.31. The van der Waals surface area contributed by atoms with Crippen molar-refractivity contribution in [2.45, 2.75) is 110 Å². The summed E-state index contributed by atoms with van der Waals surface area (Å²) in [4.78, 5) is 4.03. The van der Waals surface area contributed by atoms with E-state index in [0.29, 0.717) is 60.2 Å². The Bertz CT molecular complexity index is 1170. The van der Waals surface area contributed by atoms with Gasteiger partial charge in [0.2, 0.25) is 0 Å². The second kappa shape index (κ2) is 12.0. The lowest BCUT2D eigenvalue weighted by Crippen LogP contribution is -2.62. The predicted octanol–water partition coefficient (Wildman–Crippen LogP) is 7.99. The number of hydrogen-bond donors (Lipinski definition) is 2. The number of nitrogens with zero attached hydrogens (tertiary/aromatic N) is 1. The van der Waals surface area contributed by atoms with E-state index in [2.05, 4.69) is 32.7 Å². The van der Waals surface area contributed by atoms with E-state index in [9.17, 15) is 14.8 Å². The molecule has 1 aromatic rings. The predicted molar refractivity (Wildman–Crippen MR) is 163 cm³/mol. The lowest BCUT2D eigenvalue weighted by atomic mass is 9.41. The number of phosphoric acid groups is 1. The number of aromatic nitrogens is 1. The Hall–Kier alpha value is -0.530. The van der Waals surface area contributed by atoms with Gasteiger partial charge in [-0.1, -0.05) is 45.7 Å². The maximum atomic E-state index is 13.4. The van der Waals surface area contributed by atoms with Gasteiger partial charge in [0.1, 0.15) is 0 Å². The number of fused-ring (bicyclic) bond motifs is 5. The molecule has 7 nitrogen and oxygen atoms in total. The normalized spacial score (nSPS) is 47.7. The van der Waals surface area contributed by atoms with Crippen molar-refractivity contribution in [3.8, 4) is 0 Å². The van der Waals surface area contributed by atoms with Gasteiger partial charge in [-0.05, 0) is 110 Å². The minimum atomic E-state index is -3.68. The van der Waals surface area contributed by atoms with E-state index in [1.807, 2.05) is 0 Å². The molecular formula is C33H51ClNO6P. The van der Waals surface area contributed by atoms with Gasteiger partial charge in [0.05, 0.1) is 36.5 Å². The van der Waals surface area contributed by atoms with Gasteiger partial charge in [0.15, 0.2) is 0 Å². The Balaban J connectivity index is 1.11. The minimum absolute atomic E-state index is 0.183. The summed E-state index contributed by atoms with van der Waals surface area (Å²) >= 11 is 6.31. The quantitative estimate of drug-likeness (QED) is 0.297. The van der Waals surface area contributed by atoms with Crippen LogP contribution in [-0.2, 0) is 18.1 Å². The molecular weight excluding hydrogens is 573 g/mol. The highest BCUT2D eigenvalue weighted by molar-refractivity contribution is 7.48. The summed E-state index contributed by atoms with van der Waals surface area (Å²) in [6, 6.07) is 1.79. The monoisotopic (exact) mass is 623 g/mol. The molecule has 4 aliphatic carbocycles. The molecule has 5 unspecified atom stereocenters. The summed E-state index contributed by atoms with van der Waals surface area (Å²) in [6.45, 7) is 10.2. The zero-order valence-corrected chi connectivity index (χ0v) is 27.4. The molecule has 0 aromatic carbocycles. The Labute approximate surface area is 257 Å². The molecule has 2 heterocycles. The van der Waals surface area contributed by atoms with Crippen LogP contribution in [0.2, 0.25) is 5.02 Å². The van der Waals surface area contributed by atoms with E-state index in [0.717, 1.165) is 37.7 Å². The number of rotatable bonds is 7. The second-order valence-electron chi connectivity index (χ2n) is 14.8. The Morgan fingerprint density at radius 2 is 1.88 bits per heavy atom. The molecule has 1 aromatic heterocycles. The van der Waals surface area contributed by atoms with Crippen molar-refractivity contribution in [1.29, 1.82) is 0 Å². The molecule has 236 valence electrons. The third-order valence-corrected chi connectivity index (χ3v) is 14.8. The first-order valence-corrected chi connectivity index (χ1v) is 18.4. The zero-order valence-electron chi connectivity index (χ0n) is 25.8. The highest BCUT2D eigenvalue weighted by Gasteiger charge is 2.64. The Morgan fingerprint density at radius 3 is 2.64 bits per heavy atom. The molecule has 9 heteroatoms. The molecule has 0 amide bonds. The topological polar surface area (TPSA) is 98.1 Å². The van der Waals surface area contributed by atoms with Gasteiger partial charge in [0.25, 0.3) is 0 Å². The van der Waals surface area contributed by atoms with Crippen LogP contribution in [0, 0.1) is 52.3 Å². The first-order valence-electron chi connectivity index (χ1n) is 16.5. The van der Waals surface area contributed by atoms with E-state index in [1.54, 1.807) is 18.5 Å². The highest BCUT2D eigenvalue weighted by Crippen LogP contribution is 2.69. The summed E-state index contributed by atoms with van der Waals surface area (Å²) < 4.78 is 30.6. The smallest absolute Gasteiger partial charge is 0.393 e. The third-order valence-electron chi connectivity index (χ3n) is 13.0. The van der Waals surface area contributed by atoms with Crippen LogP contribution in [0.15, 0.2) is 18.5 Å². The third kappa shape index (κ3) is 5.35. The molecule has 0 bridgehead atoms. The minimum Gasteiger partial charge on any atom is -0.393 e. The largest absolute Gasteiger partial charge is 0.475 e. The Morgan fingerprint density at radius 1 is 1.12 bits per heavy atom. The van der Waals surface area contributed by atoms with Gasteiger partial charge >= 0.3 is 7.82 Å². The maximum absolute atomic E-state index is 13.4. The van der Waals surface area contributed by atoms with Crippen LogP contribution < -0.4 is 0 Å². The summed E-state index contributed by atoms with van der Waals surface area (Å²) in [7, 11) is -3.68. The van der Waals surface area contributed by atoms with Gasteiger partial charge in [0, 0.05) is 24.4 Å². The van der Waals surface area contributed by atoms with Crippen LogP contribution in [0.3, 0.4) is 0 Å². The SMILES string of the molecule is CC[C@@H]1C2C[C@H](O)CC[C@]2(C)C2CC[C@@]3(C)C(CC[C@@H]3[C@H](C)CCOP3(=O)OCC[C@@H](c4ccncc4Cl)O3)C2[C@@H]1O. The molecule has 6 rings (SSSR count). The van der Waals surface area contributed by atoms with Crippen molar-refractivity contribution in [3.05, 3.63) is 29.0 Å². The van der Waals surface area contributed by atoms with Gasteiger partial charge < -0.3 is 10.2 Å². The molecule has 5 aliphatic rings. The molecule has 2 N–H and O–H groups in total. The molecule has 0 spiro atoms. The van der Waals surface area contributed by atoms with Gasteiger partial charge in [-0.2, -0.15) is 0 Å². The van der Waals surface area contributed by atoms with Crippen molar-refractivity contribution < 1.29 is 28.3 Å². The molecule has 5 fully saturated rings. The standard InChI is InChI=1S/C33H51ClNO6P/c1-5-22-27-18-21(36)8-13-33(27,4)26-9-14-32(3)24(6-7-25(32)30(26)31(22)37)20(2)11-16-39-42(38)40-17-12-29(41-42)23-10-15-35-19-28(23)34/h10,15,19-22,24-27,29-31,36-37H,5-9,11-14,16-18H2,1-4H3/t20-,21-,22-,24-,25?,26?,27?,29+,30?,31-,32-,33-,42?/m1/s1. The summed E-state index contributed by atoms with van der Waals surface area (Å²) in [5.41, 5.74) is 1.16. The molecule has 1 saturated heterocycles. The summed E-state index contributed by atoms with van der Waals surface area (Å²) in [5, 5.41) is 23.0. The van der Waals surface area contributed by atoms with Gasteiger partial charge in [-0.25, -0.2) is 4.57 Å². The van der Waals surface area contributed by atoms with E-state index >= 15 is 0 Å². The van der Waals surface area contributed by atoms with Crippen molar-refractivity contribution in [2.24, 2.45) is 52.3 Å². The van der Waals surface area contributed by atoms with Crippen molar-refractivity contribution >= 4 is 19.4 Å².